The Morgan fingerprint density at radius 3 is 0.891 bits per heavy atom. The number of anilines is 6. The zero-order valence-electron chi connectivity index (χ0n) is 30.0. The fourth-order valence-electron chi connectivity index (χ4n) is 5.90. The Labute approximate surface area is 338 Å². The van der Waals surface area contributed by atoms with E-state index in [-0.39, 0.29) is 21.1 Å². The van der Waals surface area contributed by atoms with E-state index in [0.29, 0.717) is 0 Å². The van der Waals surface area contributed by atoms with Crippen LogP contribution >= 0.6 is 0 Å². The van der Waals surface area contributed by atoms with E-state index >= 15 is 0 Å². The van der Waals surface area contributed by atoms with E-state index in [0.717, 1.165) is 56.6 Å². The average Bonchev–Trinajstić information content (AvgIpc) is 3.25. The first kappa shape index (κ1) is 38.1. The number of pyridine rings is 2. The fraction of sp³-hybridized carbons (Fsp3) is 0. The molecule has 0 saturated carbocycles. The number of rotatable bonds is 10. The quantitative estimate of drug-likeness (QED) is 0.128. The smallest absolute Gasteiger partial charge is 0.311 e. The standard InChI is InChI=1S/2C25H19N2.Pt/c2*1-4-10-21(11-5-1)16-17-22-20-25(18-19-26-22)27(23-12-6-2-7-13-23)24-14-8-3-9-15-24;/h2*1-15,17-20H;/q2*-1;+2. The molecule has 2 aromatic heterocycles. The largest absolute Gasteiger partial charge is 2.00 e. The summed E-state index contributed by atoms with van der Waals surface area (Å²) in [5.41, 5.74) is 10.4. The van der Waals surface area contributed by atoms with E-state index in [2.05, 4.69) is 141 Å². The first-order valence-corrected chi connectivity index (χ1v) is 17.8. The molecule has 0 atom stereocenters. The molecular formula is C50H38N4Pt. The van der Waals surface area contributed by atoms with Crippen molar-refractivity contribution in [1.29, 1.82) is 0 Å². The van der Waals surface area contributed by atoms with Gasteiger partial charge in [0, 0.05) is 46.5 Å². The van der Waals surface area contributed by atoms with Gasteiger partial charge in [-0.2, -0.15) is 0 Å². The molecule has 0 bridgehead atoms. The predicted octanol–water partition coefficient (Wildman–Crippen LogP) is 12.8. The van der Waals surface area contributed by atoms with E-state index in [1.54, 1.807) is 0 Å². The van der Waals surface area contributed by atoms with Crippen molar-refractivity contribution in [3.05, 3.63) is 253 Å². The Bertz CT molecular complexity index is 2120. The van der Waals surface area contributed by atoms with Gasteiger partial charge in [-0.05, 0) is 72.1 Å². The molecule has 0 radical (unpaired) electrons. The molecule has 268 valence electrons. The number of hydrogen-bond donors (Lipinski definition) is 0. The number of aromatic nitrogens is 2. The molecule has 0 N–H and O–H groups in total. The minimum atomic E-state index is 0. The van der Waals surface area contributed by atoms with Gasteiger partial charge < -0.3 is 19.8 Å². The molecule has 0 saturated heterocycles. The second kappa shape index (κ2) is 20.0. The zero-order valence-corrected chi connectivity index (χ0v) is 32.3. The maximum Gasteiger partial charge on any atom is 2.00 e. The first-order chi connectivity index (χ1) is 26.8. The Morgan fingerprint density at radius 2 is 0.600 bits per heavy atom. The molecule has 6 aromatic carbocycles. The van der Waals surface area contributed by atoms with Crippen LogP contribution in [0.25, 0.3) is 12.2 Å². The minimum Gasteiger partial charge on any atom is -0.311 e. The predicted molar refractivity (Wildman–Crippen MR) is 224 cm³/mol. The summed E-state index contributed by atoms with van der Waals surface area (Å²) in [6.07, 6.45) is 14.1. The molecule has 55 heavy (non-hydrogen) atoms. The molecule has 8 rings (SSSR count). The van der Waals surface area contributed by atoms with Gasteiger partial charge in [-0.25, -0.2) is 0 Å². The molecule has 0 fully saturated rings. The summed E-state index contributed by atoms with van der Waals surface area (Å²) in [5, 5.41) is 0. The third-order valence-corrected chi connectivity index (χ3v) is 8.42. The van der Waals surface area contributed by atoms with Crippen LogP contribution in [0.3, 0.4) is 0 Å². The molecule has 0 spiro atoms. The Morgan fingerprint density at radius 1 is 0.327 bits per heavy atom. The maximum atomic E-state index is 4.48. The van der Waals surface area contributed by atoms with E-state index in [1.807, 2.05) is 122 Å². The van der Waals surface area contributed by atoms with Crippen molar-refractivity contribution in [2.45, 2.75) is 0 Å². The van der Waals surface area contributed by atoms with Crippen molar-refractivity contribution in [1.82, 2.24) is 9.97 Å². The Kier molecular flexibility index (Phi) is 13.9. The molecule has 5 heteroatoms. The Balaban J connectivity index is 0.000000184. The third-order valence-electron chi connectivity index (χ3n) is 8.42. The van der Waals surface area contributed by atoms with Crippen LogP contribution in [0.1, 0.15) is 22.5 Å². The van der Waals surface area contributed by atoms with Gasteiger partial charge in [-0.15, -0.1) is 84.0 Å². The molecule has 8 aromatic rings. The summed E-state index contributed by atoms with van der Waals surface area (Å²) in [5.74, 6) is 0. The van der Waals surface area contributed by atoms with Crippen LogP contribution in [0.5, 0.6) is 0 Å². The van der Waals surface area contributed by atoms with Crippen LogP contribution in [0, 0.1) is 12.2 Å². The van der Waals surface area contributed by atoms with Crippen LogP contribution in [-0.2, 0) is 21.1 Å². The van der Waals surface area contributed by atoms with E-state index in [9.17, 15) is 0 Å². The van der Waals surface area contributed by atoms with Crippen LogP contribution < -0.4 is 9.80 Å². The first-order valence-electron chi connectivity index (χ1n) is 17.8. The van der Waals surface area contributed by atoms with E-state index in [4.69, 9.17) is 0 Å². The summed E-state index contributed by atoms with van der Waals surface area (Å²) in [4.78, 5) is 13.4. The van der Waals surface area contributed by atoms with Crippen molar-refractivity contribution in [3.8, 4) is 0 Å². The zero-order chi connectivity index (χ0) is 36.6. The van der Waals surface area contributed by atoms with Gasteiger partial charge in [0.1, 0.15) is 0 Å². The van der Waals surface area contributed by atoms with Crippen LogP contribution in [0.4, 0.5) is 34.1 Å². The van der Waals surface area contributed by atoms with Crippen molar-refractivity contribution in [3.63, 3.8) is 0 Å². The normalized spacial score (nSPS) is 10.6. The number of hydrogen-bond acceptors (Lipinski definition) is 4. The fourth-order valence-corrected chi connectivity index (χ4v) is 5.90. The summed E-state index contributed by atoms with van der Waals surface area (Å²) in [7, 11) is 0. The Hall–Kier alpha value is -6.61. The van der Waals surface area contributed by atoms with E-state index in [1.165, 1.54) is 0 Å². The van der Waals surface area contributed by atoms with Gasteiger partial charge >= 0.3 is 21.1 Å². The van der Waals surface area contributed by atoms with Gasteiger partial charge in [-0.1, -0.05) is 97.1 Å². The number of benzene rings is 6. The summed E-state index contributed by atoms with van der Waals surface area (Å²) in [6, 6.07) is 69.8. The number of nitrogens with zero attached hydrogens (tertiary/aromatic N) is 4. The van der Waals surface area contributed by atoms with Crippen LogP contribution in [-0.4, -0.2) is 9.97 Å². The van der Waals surface area contributed by atoms with Crippen molar-refractivity contribution in [2.24, 2.45) is 0 Å². The average molecular weight is 890 g/mol. The van der Waals surface area contributed by atoms with Gasteiger partial charge in [0.2, 0.25) is 0 Å². The number of para-hydroxylation sites is 4. The van der Waals surface area contributed by atoms with Gasteiger partial charge in [0.25, 0.3) is 0 Å². The molecule has 0 aliphatic rings. The van der Waals surface area contributed by atoms with Gasteiger partial charge in [-0.3, -0.25) is 0 Å². The second-order valence-corrected chi connectivity index (χ2v) is 12.2. The molecule has 0 amide bonds. The minimum absolute atomic E-state index is 0. The molecule has 0 aliphatic heterocycles. The molecule has 2 heterocycles. The SMILES string of the molecule is [C-](=Cc1cc(N(c2ccccc2)c2ccccc2)ccn1)c1ccccc1.[C-](=Cc1cc(N(c2ccccc2)c2ccccc2)ccn1)c1ccccc1.[Pt+2]. The summed E-state index contributed by atoms with van der Waals surface area (Å²) in [6.45, 7) is 0. The van der Waals surface area contributed by atoms with Gasteiger partial charge in [0.15, 0.2) is 0 Å². The van der Waals surface area contributed by atoms with Crippen molar-refractivity contribution >= 4 is 46.3 Å². The van der Waals surface area contributed by atoms with Gasteiger partial charge in [0.05, 0.1) is 0 Å². The van der Waals surface area contributed by atoms with E-state index < -0.39 is 0 Å². The monoisotopic (exact) mass is 889 g/mol. The summed E-state index contributed by atoms with van der Waals surface area (Å²) < 4.78 is 0. The summed E-state index contributed by atoms with van der Waals surface area (Å²) >= 11 is 0. The van der Waals surface area contributed by atoms with Crippen molar-refractivity contribution < 1.29 is 21.1 Å². The van der Waals surface area contributed by atoms with Crippen LogP contribution in [0.15, 0.2) is 219 Å². The second-order valence-electron chi connectivity index (χ2n) is 12.2. The van der Waals surface area contributed by atoms with Crippen molar-refractivity contribution in [2.75, 3.05) is 9.80 Å². The third kappa shape index (κ3) is 10.7. The molecular weight excluding hydrogens is 852 g/mol. The molecule has 0 unspecified atom stereocenters. The van der Waals surface area contributed by atoms with Crippen LogP contribution in [0.2, 0.25) is 0 Å². The molecule has 0 aliphatic carbocycles. The molecule has 4 nitrogen and oxygen atoms in total. The topological polar surface area (TPSA) is 32.3 Å². The maximum absolute atomic E-state index is 4.48.